The number of hydrogen-bond donors (Lipinski definition) is 2. The fraction of sp³-hybridized carbons (Fsp3) is 1.00. The average molecular weight is 300 g/mol. The van der Waals surface area contributed by atoms with Gasteiger partial charge in [0.25, 0.3) is 0 Å². The molecule has 0 radical (unpaired) electrons. The summed E-state index contributed by atoms with van der Waals surface area (Å²) in [5.74, 6) is 0.500. The molecule has 4 nitrogen and oxygen atoms in total. The third-order valence-electron chi connectivity index (χ3n) is 3.24. The van der Waals surface area contributed by atoms with Gasteiger partial charge in [0.05, 0.1) is 24.4 Å². The molecule has 0 saturated heterocycles. The van der Waals surface area contributed by atoms with Crippen molar-refractivity contribution in [3.63, 3.8) is 0 Å². The van der Waals surface area contributed by atoms with E-state index in [-0.39, 0.29) is 11.2 Å². The summed E-state index contributed by atoms with van der Waals surface area (Å²) in [6, 6.07) is 0.522. The van der Waals surface area contributed by atoms with Gasteiger partial charge in [-0.3, -0.25) is 0 Å². The Morgan fingerprint density at radius 2 is 1.52 bits per heavy atom. The van der Waals surface area contributed by atoms with Crippen molar-refractivity contribution in [3.05, 3.63) is 0 Å². The summed E-state index contributed by atoms with van der Waals surface area (Å²) >= 11 is 0. The molecular weight excluding hydrogens is 263 g/mol. The van der Waals surface area contributed by atoms with Crippen LogP contribution in [0.2, 0.25) is 0 Å². The lowest BCUT2D eigenvalue weighted by Crippen LogP contribution is -2.40. The Balaban J connectivity index is 3.92. The Kier molecular flexibility index (Phi) is 9.78. The first-order valence-corrected chi connectivity index (χ1v) is 8.29. The molecule has 0 fully saturated rings. The van der Waals surface area contributed by atoms with Crippen LogP contribution in [0, 0.1) is 0 Å². The zero-order valence-corrected chi connectivity index (χ0v) is 15.5. The minimum atomic E-state index is -0.249. The summed E-state index contributed by atoms with van der Waals surface area (Å²) in [5.41, 5.74) is -0.375. The molecular formula is C16H37BN2O2. The highest BCUT2D eigenvalue weighted by Gasteiger charge is 2.25. The van der Waals surface area contributed by atoms with Gasteiger partial charge in [0.2, 0.25) is 0 Å². The van der Waals surface area contributed by atoms with E-state index in [0.29, 0.717) is 25.2 Å². The Morgan fingerprint density at radius 3 is 2.05 bits per heavy atom. The van der Waals surface area contributed by atoms with E-state index in [2.05, 4.69) is 66.9 Å². The Bertz CT molecular complexity index is 269. The number of ether oxygens (including phenoxy) is 2. The maximum atomic E-state index is 6.07. The van der Waals surface area contributed by atoms with E-state index in [4.69, 9.17) is 9.47 Å². The van der Waals surface area contributed by atoms with Crippen molar-refractivity contribution in [1.82, 2.24) is 10.6 Å². The molecule has 1 unspecified atom stereocenters. The fourth-order valence-electron chi connectivity index (χ4n) is 1.82. The topological polar surface area (TPSA) is 42.5 Å². The standard InChI is InChI=1S/C16H37BN2O2/c1-13(2)18-9-8-15(4,5)21-12-16(6,7)20-11-10-19-14(3)17/h13-14,18-19H,8-12,17H2,1-7H3. The van der Waals surface area contributed by atoms with E-state index in [1.807, 2.05) is 0 Å². The van der Waals surface area contributed by atoms with Gasteiger partial charge < -0.3 is 20.1 Å². The monoisotopic (exact) mass is 300 g/mol. The largest absolute Gasteiger partial charge is 0.373 e. The van der Waals surface area contributed by atoms with Crippen LogP contribution < -0.4 is 10.6 Å². The lowest BCUT2D eigenvalue weighted by molar-refractivity contribution is -0.121. The average Bonchev–Trinajstić information content (AvgIpc) is 2.32. The molecule has 126 valence electrons. The van der Waals surface area contributed by atoms with Crippen molar-refractivity contribution in [2.45, 2.75) is 78.1 Å². The van der Waals surface area contributed by atoms with Crippen molar-refractivity contribution in [2.75, 3.05) is 26.3 Å². The molecule has 0 aliphatic rings. The second-order valence-electron chi connectivity index (χ2n) is 7.62. The first-order chi connectivity index (χ1) is 9.54. The molecule has 0 saturated carbocycles. The van der Waals surface area contributed by atoms with Crippen molar-refractivity contribution in [1.29, 1.82) is 0 Å². The third kappa shape index (κ3) is 13.3. The van der Waals surface area contributed by atoms with Crippen LogP contribution in [-0.4, -0.2) is 57.3 Å². The van der Waals surface area contributed by atoms with E-state index in [1.54, 1.807) is 0 Å². The van der Waals surface area contributed by atoms with E-state index in [1.165, 1.54) is 0 Å². The zero-order valence-electron chi connectivity index (χ0n) is 15.5. The van der Waals surface area contributed by atoms with E-state index < -0.39 is 0 Å². The van der Waals surface area contributed by atoms with Gasteiger partial charge in [0.15, 0.2) is 0 Å². The molecule has 1 atom stereocenters. The van der Waals surface area contributed by atoms with E-state index in [9.17, 15) is 0 Å². The molecule has 0 aromatic rings. The Hall–Kier alpha value is -0.0951. The van der Waals surface area contributed by atoms with Gasteiger partial charge in [-0.25, -0.2) is 0 Å². The van der Waals surface area contributed by atoms with Crippen molar-refractivity contribution in [3.8, 4) is 0 Å². The van der Waals surface area contributed by atoms with Crippen LogP contribution >= 0.6 is 0 Å². The predicted octanol–water partition coefficient (Wildman–Crippen LogP) is 1.53. The van der Waals surface area contributed by atoms with Crippen LogP contribution in [0.4, 0.5) is 0 Å². The molecule has 0 spiro atoms. The summed E-state index contributed by atoms with van der Waals surface area (Å²) in [6.07, 6.45) is 0.996. The lowest BCUT2D eigenvalue weighted by atomic mass is 9.99. The van der Waals surface area contributed by atoms with Crippen LogP contribution in [0.5, 0.6) is 0 Å². The van der Waals surface area contributed by atoms with Gasteiger partial charge in [0.1, 0.15) is 7.85 Å². The molecule has 0 aromatic heterocycles. The van der Waals surface area contributed by atoms with Crippen molar-refractivity contribution < 1.29 is 9.47 Å². The predicted molar refractivity (Wildman–Crippen MR) is 93.8 cm³/mol. The van der Waals surface area contributed by atoms with Gasteiger partial charge in [-0.15, -0.1) is 0 Å². The number of rotatable bonds is 12. The summed E-state index contributed by atoms with van der Waals surface area (Å²) in [4.78, 5) is 0. The van der Waals surface area contributed by atoms with Crippen molar-refractivity contribution >= 4 is 7.85 Å². The second-order valence-corrected chi connectivity index (χ2v) is 7.62. The fourth-order valence-corrected chi connectivity index (χ4v) is 1.82. The molecule has 0 bridgehead atoms. The maximum Gasteiger partial charge on any atom is 0.123 e. The minimum Gasteiger partial charge on any atom is -0.373 e. The molecule has 0 aliphatic carbocycles. The SMILES string of the molecule is BC(C)NCCOC(C)(C)COC(C)(C)CCNC(C)C. The Labute approximate surface area is 133 Å². The van der Waals surface area contributed by atoms with Gasteiger partial charge in [-0.05, 0) is 46.6 Å². The van der Waals surface area contributed by atoms with Gasteiger partial charge >= 0.3 is 0 Å². The number of nitrogens with one attached hydrogen (secondary N) is 2. The Morgan fingerprint density at radius 1 is 0.905 bits per heavy atom. The van der Waals surface area contributed by atoms with Gasteiger partial charge in [-0.2, -0.15) is 0 Å². The molecule has 0 amide bonds. The van der Waals surface area contributed by atoms with Gasteiger partial charge in [0, 0.05) is 12.6 Å². The van der Waals surface area contributed by atoms with Crippen molar-refractivity contribution in [2.24, 2.45) is 0 Å². The quantitative estimate of drug-likeness (QED) is 0.424. The minimum absolute atomic E-state index is 0.126. The normalized spacial score (nSPS) is 14.7. The highest BCUT2D eigenvalue weighted by atomic mass is 16.6. The van der Waals surface area contributed by atoms with Crippen LogP contribution in [0.1, 0.15) is 54.9 Å². The van der Waals surface area contributed by atoms with E-state index in [0.717, 1.165) is 19.5 Å². The molecule has 0 aliphatic heterocycles. The summed E-state index contributed by atoms with van der Waals surface area (Å²) in [6.45, 7) is 18.1. The highest BCUT2D eigenvalue weighted by molar-refractivity contribution is 6.11. The molecule has 5 heteroatoms. The zero-order chi connectivity index (χ0) is 16.5. The smallest absolute Gasteiger partial charge is 0.123 e. The maximum absolute atomic E-state index is 6.07. The summed E-state index contributed by atoms with van der Waals surface area (Å²) in [5, 5.41) is 6.79. The molecule has 21 heavy (non-hydrogen) atoms. The van der Waals surface area contributed by atoms with Crippen LogP contribution in [-0.2, 0) is 9.47 Å². The first-order valence-electron chi connectivity index (χ1n) is 8.29. The highest BCUT2D eigenvalue weighted by Crippen LogP contribution is 2.18. The second kappa shape index (κ2) is 9.83. The molecule has 0 aromatic carbocycles. The third-order valence-corrected chi connectivity index (χ3v) is 3.24. The van der Waals surface area contributed by atoms with Gasteiger partial charge in [-0.1, -0.05) is 20.8 Å². The molecule has 0 heterocycles. The lowest BCUT2D eigenvalue weighted by Gasteiger charge is -2.32. The molecule has 2 N–H and O–H groups in total. The number of hydrogen-bond acceptors (Lipinski definition) is 4. The van der Waals surface area contributed by atoms with E-state index >= 15 is 0 Å². The first kappa shape index (κ1) is 20.9. The van der Waals surface area contributed by atoms with Crippen LogP contribution in [0.3, 0.4) is 0 Å². The molecule has 0 rings (SSSR count). The summed E-state index contributed by atoms with van der Waals surface area (Å²) < 4.78 is 12.0. The van der Waals surface area contributed by atoms with Crippen LogP contribution in [0.25, 0.3) is 0 Å². The van der Waals surface area contributed by atoms with Crippen LogP contribution in [0.15, 0.2) is 0 Å². The summed E-state index contributed by atoms with van der Waals surface area (Å²) in [7, 11) is 2.14.